The van der Waals surface area contributed by atoms with Gasteiger partial charge in [0.1, 0.15) is 6.10 Å². The molecule has 0 aromatic rings. The lowest BCUT2D eigenvalue weighted by Crippen LogP contribution is -2.62. The number of piperidine rings is 1. The summed E-state index contributed by atoms with van der Waals surface area (Å²) in [6.07, 6.45) is 8.79. The van der Waals surface area contributed by atoms with Gasteiger partial charge in [-0.3, -0.25) is 9.59 Å². The normalized spacial score (nSPS) is 21.1. The lowest BCUT2D eigenvalue weighted by molar-refractivity contribution is -0.280. The highest BCUT2D eigenvalue weighted by Gasteiger charge is 2.49. The van der Waals surface area contributed by atoms with Crippen molar-refractivity contribution in [3.63, 3.8) is 0 Å². The summed E-state index contributed by atoms with van der Waals surface area (Å²) < 4.78 is 5.98. The van der Waals surface area contributed by atoms with Gasteiger partial charge in [0.2, 0.25) is 0 Å². The second kappa shape index (κ2) is 12.1. The van der Waals surface area contributed by atoms with Crippen molar-refractivity contribution in [2.75, 3.05) is 0 Å². The summed E-state index contributed by atoms with van der Waals surface area (Å²) in [6, 6.07) is 0. The minimum absolute atomic E-state index is 0.0177. The Balaban J connectivity index is 2.84. The number of esters is 1. The van der Waals surface area contributed by atoms with E-state index in [1.165, 1.54) is 0 Å². The van der Waals surface area contributed by atoms with Crippen LogP contribution in [-0.2, 0) is 19.2 Å². The van der Waals surface area contributed by atoms with Crippen LogP contribution in [0.3, 0.4) is 0 Å². The van der Waals surface area contributed by atoms with E-state index in [1.807, 2.05) is 12.0 Å². The Morgan fingerprint density at radius 1 is 0.833 bits per heavy atom. The molecular weight excluding hydrogens is 378 g/mol. The van der Waals surface area contributed by atoms with E-state index in [0.717, 1.165) is 51.4 Å². The predicted octanol–water partition coefficient (Wildman–Crippen LogP) is 6.44. The highest BCUT2D eigenvalue weighted by molar-refractivity contribution is 5.73. The Hall–Kier alpha value is -1.10. The summed E-state index contributed by atoms with van der Waals surface area (Å²) >= 11 is 0. The minimum Gasteiger partial charge on any atom is -0.462 e. The number of hydrogen-bond acceptors (Lipinski definition) is 5. The van der Waals surface area contributed by atoms with Crippen LogP contribution < -0.4 is 0 Å². The molecule has 0 bridgehead atoms. The first-order valence-corrected chi connectivity index (χ1v) is 12.2. The smallest absolute Gasteiger partial charge is 0.328 e. The van der Waals surface area contributed by atoms with Gasteiger partial charge in [-0.15, -0.1) is 5.06 Å². The van der Waals surface area contributed by atoms with Gasteiger partial charge in [0, 0.05) is 12.8 Å². The summed E-state index contributed by atoms with van der Waals surface area (Å²) in [4.78, 5) is 31.6. The van der Waals surface area contributed by atoms with Gasteiger partial charge in [-0.2, -0.15) is 0 Å². The Bertz CT molecular complexity index is 525. The minimum atomic E-state index is -0.406. The van der Waals surface area contributed by atoms with Crippen molar-refractivity contribution in [1.82, 2.24) is 5.06 Å². The highest BCUT2D eigenvalue weighted by atomic mass is 16.7. The van der Waals surface area contributed by atoms with Crippen molar-refractivity contribution >= 4 is 11.9 Å². The summed E-state index contributed by atoms with van der Waals surface area (Å²) in [6.45, 7) is 16.7. The molecule has 5 heteroatoms. The molecule has 176 valence electrons. The molecule has 2 atom stereocenters. The van der Waals surface area contributed by atoms with Crippen molar-refractivity contribution in [3.8, 4) is 0 Å². The van der Waals surface area contributed by atoms with Gasteiger partial charge in [0.25, 0.3) is 0 Å². The fraction of sp³-hybridized carbons (Fsp3) is 0.920. The fourth-order valence-corrected chi connectivity index (χ4v) is 4.81. The molecule has 0 saturated carbocycles. The van der Waals surface area contributed by atoms with Crippen LogP contribution in [0.25, 0.3) is 0 Å². The highest BCUT2D eigenvalue weighted by Crippen LogP contribution is 2.40. The maximum absolute atomic E-state index is 12.9. The van der Waals surface area contributed by atoms with E-state index in [9.17, 15) is 9.59 Å². The molecule has 5 nitrogen and oxygen atoms in total. The SMILES string of the molecule is CCCCC(CC)C(=O)OC1CC(C)(C)N(OC(=O)C(CC)CCCC)C(C)(C)C1. The number of unbranched alkanes of at least 4 members (excludes halogenated alkanes) is 2. The van der Waals surface area contributed by atoms with E-state index < -0.39 is 11.1 Å². The molecule has 1 aliphatic rings. The quantitative estimate of drug-likeness (QED) is 0.337. The average Bonchev–Trinajstić information content (AvgIpc) is 2.65. The molecule has 0 N–H and O–H groups in total. The molecule has 0 amide bonds. The van der Waals surface area contributed by atoms with Gasteiger partial charge >= 0.3 is 11.9 Å². The first-order valence-electron chi connectivity index (χ1n) is 12.2. The molecule has 30 heavy (non-hydrogen) atoms. The fourth-order valence-electron chi connectivity index (χ4n) is 4.81. The number of carbonyl (C=O) groups excluding carboxylic acids is 2. The standard InChI is InChI=1S/C25H47NO4/c1-9-13-15-19(11-3)22(27)29-21-17-24(5,6)26(25(7,8)18-21)30-23(28)20(12-4)16-14-10-2/h19-21H,9-18H2,1-8H3. The number of hydrogen-bond donors (Lipinski definition) is 0. The maximum atomic E-state index is 12.9. The average molecular weight is 426 g/mol. The van der Waals surface area contributed by atoms with Gasteiger partial charge in [-0.05, 0) is 53.4 Å². The van der Waals surface area contributed by atoms with Crippen molar-refractivity contribution in [2.45, 2.75) is 137 Å². The summed E-state index contributed by atoms with van der Waals surface area (Å²) in [5, 5.41) is 1.87. The van der Waals surface area contributed by atoms with Crippen LogP contribution >= 0.6 is 0 Å². The number of hydroxylamine groups is 2. The molecule has 0 aromatic carbocycles. The molecule has 1 heterocycles. The molecule has 0 aromatic heterocycles. The van der Waals surface area contributed by atoms with Crippen LogP contribution in [0.2, 0.25) is 0 Å². The van der Waals surface area contributed by atoms with Crippen LogP contribution in [0.15, 0.2) is 0 Å². The molecule has 1 aliphatic heterocycles. The molecule has 1 fully saturated rings. The third-order valence-corrected chi connectivity index (χ3v) is 6.48. The molecule has 1 rings (SSSR count). The second-order valence-corrected chi connectivity index (χ2v) is 10.3. The monoisotopic (exact) mass is 425 g/mol. The van der Waals surface area contributed by atoms with E-state index in [-0.39, 0.29) is 29.9 Å². The number of nitrogens with zero attached hydrogens (tertiary/aromatic N) is 1. The summed E-state index contributed by atoms with van der Waals surface area (Å²) in [5.74, 6) is -0.279. The predicted molar refractivity (Wildman–Crippen MR) is 122 cm³/mol. The summed E-state index contributed by atoms with van der Waals surface area (Å²) in [7, 11) is 0. The first kappa shape index (κ1) is 26.9. The van der Waals surface area contributed by atoms with Gasteiger partial charge in [0.05, 0.1) is 22.9 Å². The van der Waals surface area contributed by atoms with Gasteiger partial charge in [-0.1, -0.05) is 53.4 Å². The van der Waals surface area contributed by atoms with Crippen molar-refractivity contribution < 1.29 is 19.2 Å². The second-order valence-electron chi connectivity index (χ2n) is 10.3. The van der Waals surface area contributed by atoms with E-state index in [1.54, 1.807) is 0 Å². The number of carbonyl (C=O) groups is 2. The molecule has 0 spiro atoms. The van der Waals surface area contributed by atoms with Crippen LogP contribution in [0.4, 0.5) is 0 Å². The zero-order valence-corrected chi connectivity index (χ0v) is 20.9. The number of rotatable bonds is 12. The lowest BCUT2D eigenvalue weighted by Gasteiger charge is -2.52. The number of ether oxygens (including phenoxy) is 1. The molecule has 1 saturated heterocycles. The van der Waals surface area contributed by atoms with Crippen molar-refractivity contribution in [2.24, 2.45) is 11.8 Å². The zero-order valence-electron chi connectivity index (χ0n) is 20.9. The lowest BCUT2D eigenvalue weighted by atomic mass is 9.80. The Morgan fingerprint density at radius 2 is 1.27 bits per heavy atom. The van der Waals surface area contributed by atoms with E-state index >= 15 is 0 Å². The van der Waals surface area contributed by atoms with Crippen molar-refractivity contribution in [3.05, 3.63) is 0 Å². The largest absolute Gasteiger partial charge is 0.462 e. The van der Waals surface area contributed by atoms with Gasteiger partial charge in [-0.25, -0.2) is 0 Å². The third-order valence-electron chi connectivity index (χ3n) is 6.48. The third kappa shape index (κ3) is 7.55. The summed E-state index contributed by atoms with van der Waals surface area (Å²) in [5.41, 5.74) is -0.812. The molecular formula is C25H47NO4. The topological polar surface area (TPSA) is 55.8 Å². The Morgan fingerprint density at radius 3 is 1.67 bits per heavy atom. The van der Waals surface area contributed by atoms with Crippen LogP contribution in [0.5, 0.6) is 0 Å². The first-order chi connectivity index (χ1) is 14.0. The van der Waals surface area contributed by atoms with Gasteiger partial charge in [0.15, 0.2) is 0 Å². The van der Waals surface area contributed by atoms with E-state index in [2.05, 4.69) is 48.5 Å². The zero-order chi connectivity index (χ0) is 22.9. The van der Waals surface area contributed by atoms with Crippen LogP contribution in [-0.4, -0.2) is 34.2 Å². The van der Waals surface area contributed by atoms with E-state index in [0.29, 0.717) is 12.8 Å². The Labute approximate surface area is 185 Å². The van der Waals surface area contributed by atoms with Crippen LogP contribution in [0.1, 0.15) is 120 Å². The Kier molecular flexibility index (Phi) is 10.8. The molecule has 0 radical (unpaired) electrons. The van der Waals surface area contributed by atoms with Crippen molar-refractivity contribution in [1.29, 1.82) is 0 Å². The molecule has 2 unspecified atom stereocenters. The maximum Gasteiger partial charge on any atom is 0.328 e. The van der Waals surface area contributed by atoms with E-state index in [4.69, 9.17) is 9.57 Å². The van der Waals surface area contributed by atoms with Gasteiger partial charge < -0.3 is 9.57 Å². The molecule has 0 aliphatic carbocycles. The van der Waals surface area contributed by atoms with Crippen LogP contribution in [0, 0.1) is 11.8 Å².